The number of nitrogens with zero attached hydrogens (tertiary/aromatic N) is 4. The summed E-state index contributed by atoms with van der Waals surface area (Å²) in [5, 5.41) is 9.41. The standard InChI is InChI=1S/C20H21F3N4O/c1-4-15(5-2)28-19-16-8-9-27(18(16)25-12(3)26-19)17-7-6-14(20(21,22)23)10-13(17)11-24/h6-7,10,15H,4-5,8-9H2,1-3H3. The van der Waals surface area contributed by atoms with Crippen LogP contribution in [0.25, 0.3) is 0 Å². The van der Waals surface area contributed by atoms with Gasteiger partial charge in [-0.05, 0) is 44.4 Å². The highest BCUT2D eigenvalue weighted by Gasteiger charge is 2.33. The molecule has 28 heavy (non-hydrogen) atoms. The van der Waals surface area contributed by atoms with Crippen LogP contribution in [0.4, 0.5) is 24.7 Å². The number of hydrogen-bond acceptors (Lipinski definition) is 5. The van der Waals surface area contributed by atoms with Crippen molar-refractivity contribution < 1.29 is 17.9 Å². The van der Waals surface area contributed by atoms with Crippen LogP contribution in [0.1, 0.15) is 49.2 Å². The molecule has 2 aromatic rings. The zero-order valence-corrected chi connectivity index (χ0v) is 16.0. The molecule has 0 unspecified atom stereocenters. The molecule has 0 saturated carbocycles. The van der Waals surface area contributed by atoms with Crippen molar-refractivity contribution in [2.75, 3.05) is 11.4 Å². The van der Waals surface area contributed by atoms with Crippen LogP contribution in [0, 0.1) is 18.3 Å². The zero-order valence-electron chi connectivity index (χ0n) is 16.0. The van der Waals surface area contributed by atoms with Crippen LogP contribution in [0.2, 0.25) is 0 Å². The molecule has 5 nitrogen and oxygen atoms in total. The summed E-state index contributed by atoms with van der Waals surface area (Å²) < 4.78 is 45.0. The quantitative estimate of drug-likeness (QED) is 0.724. The van der Waals surface area contributed by atoms with Crippen molar-refractivity contribution in [2.45, 2.75) is 52.3 Å². The van der Waals surface area contributed by atoms with Crippen LogP contribution in [-0.4, -0.2) is 22.6 Å². The van der Waals surface area contributed by atoms with E-state index >= 15 is 0 Å². The second-order valence-electron chi connectivity index (χ2n) is 6.68. The Hall–Kier alpha value is -2.82. The minimum absolute atomic E-state index is 0.0354. The Bertz CT molecular complexity index is 917. The van der Waals surface area contributed by atoms with Gasteiger partial charge in [0.15, 0.2) is 0 Å². The Labute approximate surface area is 161 Å². The summed E-state index contributed by atoms with van der Waals surface area (Å²) in [5.74, 6) is 1.62. The average molecular weight is 390 g/mol. The van der Waals surface area contributed by atoms with E-state index < -0.39 is 11.7 Å². The number of aromatic nitrogens is 2. The molecule has 148 valence electrons. The van der Waals surface area contributed by atoms with Crippen molar-refractivity contribution in [2.24, 2.45) is 0 Å². The highest BCUT2D eigenvalue weighted by molar-refractivity contribution is 5.73. The molecule has 0 N–H and O–H groups in total. The van der Waals surface area contributed by atoms with Gasteiger partial charge in [0.1, 0.15) is 17.7 Å². The fourth-order valence-electron chi connectivity index (χ4n) is 3.31. The van der Waals surface area contributed by atoms with Gasteiger partial charge in [-0.1, -0.05) is 13.8 Å². The first-order chi connectivity index (χ1) is 13.3. The molecule has 2 heterocycles. The number of aryl methyl sites for hydroxylation is 1. The van der Waals surface area contributed by atoms with Gasteiger partial charge in [-0.2, -0.15) is 23.4 Å². The van der Waals surface area contributed by atoms with Gasteiger partial charge in [0, 0.05) is 6.54 Å². The van der Waals surface area contributed by atoms with E-state index in [4.69, 9.17) is 4.74 Å². The lowest BCUT2D eigenvalue weighted by Gasteiger charge is -2.22. The van der Waals surface area contributed by atoms with Gasteiger partial charge < -0.3 is 9.64 Å². The second kappa shape index (κ2) is 7.66. The van der Waals surface area contributed by atoms with E-state index in [0.717, 1.165) is 30.5 Å². The second-order valence-corrected chi connectivity index (χ2v) is 6.68. The van der Waals surface area contributed by atoms with Crippen molar-refractivity contribution in [3.8, 4) is 11.9 Å². The average Bonchev–Trinajstić information content (AvgIpc) is 3.08. The largest absolute Gasteiger partial charge is 0.474 e. The van der Waals surface area contributed by atoms with Crippen LogP contribution in [0.3, 0.4) is 0 Å². The van der Waals surface area contributed by atoms with Gasteiger partial charge in [0.05, 0.1) is 28.5 Å². The summed E-state index contributed by atoms with van der Waals surface area (Å²) in [7, 11) is 0. The van der Waals surface area contributed by atoms with Crippen LogP contribution in [0.5, 0.6) is 5.88 Å². The molecule has 8 heteroatoms. The molecule has 0 amide bonds. The lowest BCUT2D eigenvalue weighted by molar-refractivity contribution is -0.137. The molecule has 0 saturated heterocycles. The number of rotatable bonds is 5. The Morgan fingerprint density at radius 3 is 2.57 bits per heavy atom. The number of nitriles is 1. The smallest absolute Gasteiger partial charge is 0.416 e. The lowest BCUT2D eigenvalue weighted by Crippen LogP contribution is -2.18. The molecule has 0 bridgehead atoms. The normalized spacial score (nSPS) is 13.6. The molecule has 3 rings (SSSR count). The number of anilines is 2. The van der Waals surface area contributed by atoms with E-state index in [-0.39, 0.29) is 11.7 Å². The Morgan fingerprint density at radius 1 is 1.25 bits per heavy atom. The van der Waals surface area contributed by atoms with E-state index in [9.17, 15) is 18.4 Å². The van der Waals surface area contributed by atoms with E-state index in [0.29, 0.717) is 36.2 Å². The molecular weight excluding hydrogens is 369 g/mol. The van der Waals surface area contributed by atoms with Gasteiger partial charge in [0.25, 0.3) is 0 Å². The summed E-state index contributed by atoms with van der Waals surface area (Å²) in [6.07, 6.45) is -2.18. The predicted molar refractivity (Wildman–Crippen MR) is 98.6 cm³/mol. The van der Waals surface area contributed by atoms with Crippen molar-refractivity contribution in [3.63, 3.8) is 0 Å². The van der Waals surface area contributed by atoms with Gasteiger partial charge in [0.2, 0.25) is 5.88 Å². The third kappa shape index (κ3) is 3.75. The lowest BCUT2D eigenvalue weighted by atomic mass is 10.1. The molecule has 0 spiro atoms. The highest BCUT2D eigenvalue weighted by Crippen LogP contribution is 2.40. The van der Waals surface area contributed by atoms with Crippen molar-refractivity contribution in [1.29, 1.82) is 5.26 Å². The number of benzene rings is 1. The zero-order chi connectivity index (χ0) is 20.5. The molecule has 0 radical (unpaired) electrons. The number of alkyl halides is 3. The topological polar surface area (TPSA) is 62.0 Å². The van der Waals surface area contributed by atoms with E-state index in [1.54, 1.807) is 11.8 Å². The maximum Gasteiger partial charge on any atom is 0.416 e. The van der Waals surface area contributed by atoms with Crippen molar-refractivity contribution in [3.05, 3.63) is 40.7 Å². The van der Waals surface area contributed by atoms with E-state index in [1.165, 1.54) is 6.07 Å². The Balaban J connectivity index is 2.03. The third-order valence-corrected chi connectivity index (χ3v) is 4.82. The summed E-state index contributed by atoms with van der Waals surface area (Å²) in [4.78, 5) is 10.7. The highest BCUT2D eigenvalue weighted by atomic mass is 19.4. The summed E-state index contributed by atoms with van der Waals surface area (Å²) in [5.41, 5.74) is 0.340. The molecule has 1 aliphatic rings. The summed E-state index contributed by atoms with van der Waals surface area (Å²) in [6, 6.07) is 5.08. The first-order valence-electron chi connectivity index (χ1n) is 9.21. The Morgan fingerprint density at radius 2 is 1.96 bits per heavy atom. The minimum Gasteiger partial charge on any atom is -0.474 e. The molecule has 0 fully saturated rings. The van der Waals surface area contributed by atoms with Gasteiger partial charge in [-0.15, -0.1) is 0 Å². The number of halogens is 3. The first kappa shape index (κ1) is 19.9. The number of hydrogen-bond donors (Lipinski definition) is 0. The van der Waals surface area contributed by atoms with Gasteiger partial charge in [-0.3, -0.25) is 0 Å². The number of fused-ring (bicyclic) bond motifs is 1. The van der Waals surface area contributed by atoms with Crippen molar-refractivity contribution in [1.82, 2.24) is 9.97 Å². The maximum absolute atomic E-state index is 13.0. The molecule has 1 aromatic heterocycles. The Kier molecular flexibility index (Phi) is 5.45. The third-order valence-electron chi connectivity index (χ3n) is 4.82. The summed E-state index contributed by atoms with van der Waals surface area (Å²) in [6.45, 7) is 6.31. The van der Waals surface area contributed by atoms with Crippen molar-refractivity contribution >= 4 is 11.5 Å². The molecule has 0 atom stereocenters. The molecule has 0 aliphatic carbocycles. The maximum atomic E-state index is 13.0. The van der Waals surface area contributed by atoms with Crippen LogP contribution in [-0.2, 0) is 12.6 Å². The SMILES string of the molecule is CCC(CC)Oc1nc(C)nc2c1CCN2c1ccc(C(F)(F)F)cc1C#N. The van der Waals surface area contributed by atoms with Crippen LogP contribution >= 0.6 is 0 Å². The van der Waals surface area contributed by atoms with Crippen LogP contribution < -0.4 is 9.64 Å². The molecular formula is C20H21F3N4O. The molecule has 1 aromatic carbocycles. The van der Waals surface area contributed by atoms with Crippen LogP contribution in [0.15, 0.2) is 18.2 Å². The number of ether oxygens (including phenoxy) is 1. The fourth-order valence-corrected chi connectivity index (χ4v) is 3.31. The first-order valence-corrected chi connectivity index (χ1v) is 9.21. The van der Waals surface area contributed by atoms with E-state index in [1.807, 2.05) is 19.9 Å². The monoisotopic (exact) mass is 390 g/mol. The van der Waals surface area contributed by atoms with Gasteiger partial charge >= 0.3 is 6.18 Å². The molecule has 1 aliphatic heterocycles. The predicted octanol–water partition coefficient (Wildman–Crippen LogP) is 4.94. The fraction of sp³-hybridized carbons (Fsp3) is 0.450. The van der Waals surface area contributed by atoms with Gasteiger partial charge in [-0.25, -0.2) is 4.98 Å². The van der Waals surface area contributed by atoms with E-state index in [2.05, 4.69) is 9.97 Å². The summed E-state index contributed by atoms with van der Waals surface area (Å²) >= 11 is 0. The minimum atomic E-state index is -4.50.